The van der Waals surface area contributed by atoms with E-state index in [1.165, 1.54) is 16.7 Å². The molecule has 0 aliphatic carbocycles. The SMILES string of the molecule is O=C(CCSc1ccccc1Cl)N(CCO)CCO. The Morgan fingerprint density at radius 2 is 1.84 bits per heavy atom. The molecule has 2 N–H and O–H groups in total. The number of halogens is 1. The Morgan fingerprint density at radius 3 is 2.42 bits per heavy atom. The number of thioether (sulfide) groups is 1. The summed E-state index contributed by atoms with van der Waals surface area (Å²) in [6.45, 7) is 0.332. The zero-order valence-corrected chi connectivity index (χ0v) is 12.2. The zero-order chi connectivity index (χ0) is 14.1. The van der Waals surface area contributed by atoms with Crippen LogP contribution in [0.15, 0.2) is 29.2 Å². The molecule has 0 heterocycles. The highest BCUT2D eigenvalue weighted by Crippen LogP contribution is 2.26. The highest BCUT2D eigenvalue weighted by Gasteiger charge is 2.12. The summed E-state index contributed by atoms with van der Waals surface area (Å²) >= 11 is 7.54. The van der Waals surface area contributed by atoms with E-state index < -0.39 is 0 Å². The molecule has 0 fully saturated rings. The largest absolute Gasteiger partial charge is 0.395 e. The van der Waals surface area contributed by atoms with E-state index in [1.807, 2.05) is 24.3 Å². The molecule has 106 valence electrons. The summed E-state index contributed by atoms with van der Waals surface area (Å²) in [6.07, 6.45) is 0.357. The van der Waals surface area contributed by atoms with Crippen LogP contribution in [-0.4, -0.2) is 53.1 Å². The van der Waals surface area contributed by atoms with Crippen molar-refractivity contribution in [2.75, 3.05) is 32.1 Å². The summed E-state index contributed by atoms with van der Waals surface area (Å²) in [5.41, 5.74) is 0. The van der Waals surface area contributed by atoms with E-state index >= 15 is 0 Å². The normalized spacial score (nSPS) is 10.5. The van der Waals surface area contributed by atoms with E-state index in [4.69, 9.17) is 21.8 Å². The van der Waals surface area contributed by atoms with E-state index in [0.717, 1.165) is 4.90 Å². The van der Waals surface area contributed by atoms with Crippen molar-refractivity contribution in [1.82, 2.24) is 4.90 Å². The minimum Gasteiger partial charge on any atom is -0.395 e. The molecule has 0 aromatic heterocycles. The van der Waals surface area contributed by atoms with Gasteiger partial charge in [-0.15, -0.1) is 11.8 Å². The van der Waals surface area contributed by atoms with Crippen LogP contribution in [0.1, 0.15) is 6.42 Å². The number of carbonyl (C=O) groups is 1. The first-order chi connectivity index (χ1) is 9.19. The van der Waals surface area contributed by atoms with Gasteiger partial charge in [0.15, 0.2) is 0 Å². The summed E-state index contributed by atoms with van der Waals surface area (Å²) in [7, 11) is 0. The molecule has 6 heteroatoms. The van der Waals surface area contributed by atoms with E-state index in [2.05, 4.69) is 0 Å². The lowest BCUT2D eigenvalue weighted by Gasteiger charge is -2.20. The second-order valence-corrected chi connectivity index (χ2v) is 5.40. The molecule has 0 spiro atoms. The Labute approximate surface area is 122 Å². The third-order valence-corrected chi connectivity index (χ3v) is 4.02. The van der Waals surface area contributed by atoms with Crippen LogP contribution in [0.4, 0.5) is 0 Å². The Morgan fingerprint density at radius 1 is 1.21 bits per heavy atom. The van der Waals surface area contributed by atoms with Crippen LogP contribution in [-0.2, 0) is 4.79 Å². The molecule has 1 aromatic carbocycles. The van der Waals surface area contributed by atoms with Crippen molar-refractivity contribution in [3.8, 4) is 0 Å². The molecule has 0 aliphatic rings. The Bertz CT molecular complexity index is 397. The van der Waals surface area contributed by atoms with Gasteiger partial charge in [0.05, 0.1) is 18.2 Å². The maximum Gasteiger partial charge on any atom is 0.223 e. The van der Waals surface area contributed by atoms with Crippen LogP contribution in [0.3, 0.4) is 0 Å². The quantitative estimate of drug-likeness (QED) is 0.717. The van der Waals surface area contributed by atoms with Gasteiger partial charge >= 0.3 is 0 Å². The predicted octanol–water partition coefficient (Wildman–Crippen LogP) is 1.64. The van der Waals surface area contributed by atoms with E-state index in [9.17, 15) is 4.79 Å². The molecule has 1 amide bonds. The predicted molar refractivity (Wildman–Crippen MR) is 77.5 cm³/mol. The van der Waals surface area contributed by atoms with Gasteiger partial charge in [-0.2, -0.15) is 0 Å². The van der Waals surface area contributed by atoms with Gasteiger partial charge in [-0.25, -0.2) is 0 Å². The van der Waals surface area contributed by atoms with Crippen molar-refractivity contribution in [2.45, 2.75) is 11.3 Å². The van der Waals surface area contributed by atoms with Gasteiger partial charge in [-0.1, -0.05) is 23.7 Å². The Hall–Kier alpha value is -0.750. The van der Waals surface area contributed by atoms with Crippen LogP contribution in [0.5, 0.6) is 0 Å². The van der Waals surface area contributed by atoms with Crippen LogP contribution in [0.25, 0.3) is 0 Å². The topological polar surface area (TPSA) is 60.8 Å². The number of carbonyl (C=O) groups excluding carboxylic acids is 1. The molecule has 0 saturated heterocycles. The minimum absolute atomic E-state index is 0.0670. The van der Waals surface area contributed by atoms with Gasteiger partial charge in [0.2, 0.25) is 5.91 Å². The first-order valence-electron chi connectivity index (χ1n) is 6.06. The number of amides is 1. The summed E-state index contributed by atoms with van der Waals surface area (Å²) in [4.78, 5) is 14.3. The number of nitrogens with zero attached hydrogens (tertiary/aromatic N) is 1. The fraction of sp³-hybridized carbons (Fsp3) is 0.462. The molecular weight excluding hydrogens is 286 g/mol. The average Bonchev–Trinajstić information content (AvgIpc) is 2.40. The summed E-state index contributed by atoms with van der Waals surface area (Å²) in [6, 6.07) is 7.49. The summed E-state index contributed by atoms with van der Waals surface area (Å²) < 4.78 is 0. The van der Waals surface area contributed by atoms with Gasteiger partial charge in [0, 0.05) is 30.2 Å². The maximum atomic E-state index is 11.9. The monoisotopic (exact) mass is 303 g/mol. The van der Waals surface area contributed by atoms with Crippen molar-refractivity contribution in [2.24, 2.45) is 0 Å². The second-order valence-electron chi connectivity index (χ2n) is 3.86. The standard InChI is InChI=1S/C13H18ClNO3S/c14-11-3-1-2-4-12(11)19-10-5-13(18)15(6-8-16)7-9-17/h1-4,16-17H,5-10H2. The number of rotatable bonds is 8. The van der Waals surface area contributed by atoms with Crippen LogP contribution in [0, 0.1) is 0 Å². The lowest BCUT2D eigenvalue weighted by Crippen LogP contribution is -2.36. The molecule has 4 nitrogen and oxygen atoms in total. The van der Waals surface area contributed by atoms with Crippen molar-refractivity contribution >= 4 is 29.3 Å². The minimum atomic E-state index is -0.0939. The highest BCUT2D eigenvalue weighted by molar-refractivity contribution is 7.99. The smallest absolute Gasteiger partial charge is 0.223 e. The molecule has 0 radical (unpaired) electrons. The Balaban J connectivity index is 2.39. The Kier molecular flexibility index (Phi) is 7.90. The average molecular weight is 304 g/mol. The third kappa shape index (κ3) is 5.82. The molecular formula is C13H18ClNO3S. The van der Waals surface area contributed by atoms with Gasteiger partial charge < -0.3 is 15.1 Å². The lowest BCUT2D eigenvalue weighted by molar-refractivity contribution is -0.131. The summed E-state index contributed by atoms with van der Waals surface area (Å²) in [5, 5.41) is 18.4. The number of aliphatic hydroxyl groups excluding tert-OH is 2. The molecule has 19 heavy (non-hydrogen) atoms. The van der Waals surface area contributed by atoms with Gasteiger partial charge in [-0.05, 0) is 12.1 Å². The maximum absolute atomic E-state index is 11.9. The fourth-order valence-corrected chi connectivity index (χ4v) is 2.75. The number of hydrogen-bond acceptors (Lipinski definition) is 4. The molecule has 0 aliphatic heterocycles. The first-order valence-corrected chi connectivity index (χ1v) is 7.42. The van der Waals surface area contributed by atoms with E-state index in [1.54, 1.807) is 0 Å². The van der Waals surface area contributed by atoms with Crippen molar-refractivity contribution in [3.05, 3.63) is 29.3 Å². The van der Waals surface area contributed by atoms with Gasteiger partial charge in [-0.3, -0.25) is 4.79 Å². The zero-order valence-electron chi connectivity index (χ0n) is 10.6. The van der Waals surface area contributed by atoms with E-state index in [0.29, 0.717) is 17.2 Å². The molecule has 1 aromatic rings. The molecule has 0 bridgehead atoms. The van der Waals surface area contributed by atoms with E-state index in [-0.39, 0.29) is 32.2 Å². The number of benzene rings is 1. The lowest BCUT2D eigenvalue weighted by atomic mass is 10.3. The van der Waals surface area contributed by atoms with Crippen LogP contribution < -0.4 is 0 Å². The van der Waals surface area contributed by atoms with Crippen LogP contribution >= 0.6 is 23.4 Å². The van der Waals surface area contributed by atoms with Crippen molar-refractivity contribution in [3.63, 3.8) is 0 Å². The second kappa shape index (κ2) is 9.20. The molecule has 0 saturated carbocycles. The number of aliphatic hydroxyl groups is 2. The van der Waals surface area contributed by atoms with Crippen molar-refractivity contribution < 1.29 is 15.0 Å². The summed E-state index contributed by atoms with van der Waals surface area (Å²) in [5.74, 6) is 0.554. The highest BCUT2D eigenvalue weighted by atomic mass is 35.5. The van der Waals surface area contributed by atoms with Gasteiger partial charge in [0.25, 0.3) is 0 Å². The first kappa shape index (κ1) is 16.3. The van der Waals surface area contributed by atoms with Crippen LogP contribution in [0.2, 0.25) is 5.02 Å². The molecule has 0 atom stereocenters. The number of hydrogen-bond donors (Lipinski definition) is 2. The molecule has 0 unspecified atom stereocenters. The molecule has 1 rings (SSSR count). The third-order valence-electron chi connectivity index (χ3n) is 2.50. The van der Waals surface area contributed by atoms with Crippen molar-refractivity contribution in [1.29, 1.82) is 0 Å². The van der Waals surface area contributed by atoms with Gasteiger partial charge in [0.1, 0.15) is 0 Å². The fourth-order valence-electron chi connectivity index (χ4n) is 1.57.